The summed E-state index contributed by atoms with van der Waals surface area (Å²) in [5.74, 6) is 0.907. The van der Waals surface area contributed by atoms with E-state index in [0.29, 0.717) is 12.6 Å². The SMILES string of the molecule is COc1ccc(Cl)cc1CN(CCN)C1CCCC1. The van der Waals surface area contributed by atoms with E-state index in [1.165, 1.54) is 25.7 Å². The zero-order valence-corrected chi connectivity index (χ0v) is 12.3. The van der Waals surface area contributed by atoms with Crippen LogP contribution in [0.3, 0.4) is 0 Å². The number of hydrogen-bond donors (Lipinski definition) is 1. The zero-order chi connectivity index (χ0) is 13.7. The lowest BCUT2D eigenvalue weighted by Crippen LogP contribution is -2.36. The van der Waals surface area contributed by atoms with Crippen LogP contribution in [0.15, 0.2) is 18.2 Å². The van der Waals surface area contributed by atoms with Crippen molar-refractivity contribution in [1.82, 2.24) is 4.90 Å². The fourth-order valence-corrected chi connectivity index (χ4v) is 3.11. The smallest absolute Gasteiger partial charge is 0.123 e. The zero-order valence-electron chi connectivity index (χ0n) is 11.6. The molecule has 1 aliphatic carbocycles. The number of benzene rings is 1. The molecule has 0 aromatic heterocycles. The molecule has 1 aromatic rings. The molecular weight excluding hydrogens is 260 g/mol. The van der Waals surface area contributed by atoms with E-state index in [4.69, 9.17) is 22.1 Å². The number of hydrogen-bond acceptors (Lipinski definition) is 3. The lowest BCUT2D eigenvalue weighted by Gasteiger charge is -2.29. The van der Waals surface area contributed by atoms with Crippen molar-refractivity contribution < 1.29 is 4.74 Å². The van der Waals surface area contributed by atoms with E-state index in [1.807, 2.05) is 18.2 Å². The maximum atomic E-state index is 6.10. The van der Waals surface area contributed by atoms with Crippen LogP contribution in [0.25, 0.3) is 0 Å². The molecule has 2 rings (SSSR count). The second-order valence-electron chi connectivity index (χ2n) is 5.15. The molecule has 1 fully saturated rings. The van der Waals surface area contributed by atoms with Gasteiger partial charge in [-0.15, -0.1) is 0 Å². The fourth-order valence-electron chi connectivity index (χ4n) is 2.92. The summed E-state index contributed by atoms with van der Waals surface area (Å²) < 4.78 is 5.43. The average Bonchev–Trinajstić information content (AvgIpc) is 2.92. The quantitative estimate of drug-likeness (QED) is 0.871. The maximum Gasteiger partial charge on any atom is 0.123 e. The Morgan fingerprint density at radius 2 is 2.11 bits per heavy atom. The Labute approximate surface area is 120 Å². The fraction of sp³-hybridized carbons (Fsp3) is 0.600. The summed E-state index contributed by atoms with van der Waals surface area (Å²) in [6.07, 6.45) is 5.22. The molecule has 0 spiro atoms. The van der Waals surface area contributed by atoms with Crippen molar-refractivity contribution >= 4 is 11.6 Å². The van der Waals surface area contributed by atoms with Crippen molar-refractivity contribution in [2.75, 3.05) is 20.2 Å². The summed E-state index contributed by atoms with van der Waals surface area (Å²) >= 11 is 6.10. The van der Waals surface area contributed by atoms with Crippen LogP contribution in [0.5, 0.6) is 5.75 Å². The van der Waals surface area contributed by atoms with Gasteiger partial charge in [0.25, 0.3) is 0 Å². The molecule has 0 unspecified atom stereocenters. The molecule has 0 aliphatic heterocycles. The number of ether oxygens (including phenoxy) is 1. The van der Waals surface area contributed by atoms with Crippen LogP contribution in [0.1, 0.15) is 31.2 Å². The molecule has 0 saturated heterocycles. The molecule has 4 heteroatoms. The minimum atomic E-state index is 0.659. The van der Waals surface area contributed by atoms with Crippen molar-refractivity contribution in [1.29, 1.82) is 0 Å². The van der Waals surface area contributed by atoms with Crippen LogP contribution in [0.4, 0.5) is 0 Å². The highest BCUT2D eigenvalue weighted by molar-refractivity contribution is 6.30. The summed E-state index contributed by atoms with van der Waals surface area (Å²) in [6, 6.07) is 6.46. The molecule has 2 N–H and O–H groups in total. The van der Waals surface area contributed by atoms with Crippen LogP contribution in [-0.2, 0) is 6.54 Å². The van der Waals surface area contributed by atoms with Crippen molar-refractivity contribution in [3.05, 3.63) is 28.8 Å². The molecular formula is C15H23ClN2O. The van der Waals surface area contributed by atoms with Crippen LogP contribution in [0.2, 0.25) is 5.02 Å². The van der Waals surface area contributed by atoms with E-state index in [0.717, 1.165) is 29.4 Å². The summed E-state index contributed by atoms with van der Waals surface area (Å²) in [5, 5.41) is 0.759. The Balaban J connectivity index is 2.13. The van der Waals surface area contributed by atoms with Crippen molar-refractivity contribution in [3.63, 3.8) is 0 Å². The van der Waals surface area contributed by atoms with Gasteiger partial charge in [0.2, 0.25) is 0 Å². The Kier molecular flexibility index (Phi) is 5.49. The molecule has 0 bridgehead atoms. The van der Waals surface area contributed by atoms with Gasteiger partial charge in [0, 0.05) is 36.3 Å². The first-order chi connectivity index (χ1) is 9.24. The van der Waals surface area contributed by atoms with Crippen molar-refractivity contribution in [2.45, 2.75) is 38.3 Å². The predicted octanol–water partition coefficient (Wildman–Crippen LogP) is 3.05. The third-order valence-corrected chi connectivity index (χ3v) is 4.11. The van der Waals surface area contributed by atoms with E-state index in [1.54, 1.807) is 7.11 Å². The number of nitrogens with zero attached hydrogens (tertiary/aromatic N) is 1. The minimum Gasteiger partial charge on any atom is -0.496 e. The molecule has 0 atom stereocenters. The highest BCUT2D eigenvalue weighted by Gasteiger charge is 2.23. The molecule has 1 aromatic carbocycles. The number of methoxy groups -OCH3 is 1. The van der Waals surface area contributed by atoms with Gasteiger partial charge >= 0.3 is 0 Å². The first-order valence-corrected chi connectivity index (χ1v) is 7.39. The second-order valence-corrected chi connectivity index (χ2v) is 5.59. The molecule has 0 radical (unpaired) electrons. The lowest BCUT2D eigenvalue weighted by atomic mass is 10.1. The summed E-state index contributed by atoms with van der Waals surface area (Å²) in [6.45, 7) is 2.49. The van der Waals surface area contributed by atoms with Crippen LogP contribution in [-0.4, -0.2) is 31.1 Å². The van der Waals surface area contributed by atoms with E-state index in [2.05, 4.69) is 4.90 Å². The normalized spacial score (nSPS) is 16.2. The Morgan fingerprint density at radius 1 is 1.37 bits per heavy atom. The van der Waals surface area contributed by atoms with E-state index >= 15 is 0 Å². The number of halogens is 1. The summed E-state index contributed by atoms with van der Waals surface area (Å²) in [5.41, 5.74) is 6.90. The van der Waals surface area contributed by atoms with Gasteiger partial charge in [-0.1, -0.05) is 24.4 Å². The first-order valence-electron chi connectivity index (χ1n) is 7.01. The van der Waals surface area contributed by atoms with Crippen LogP contribution in [0, 0.1) is 0 Å². The maximum absolute atomic E-state index is 6.10. The van der Waals surface area contributed by atoms with Gasteiger partial charge in [-0.05, 0) is 31.0 Å². The molecule has 0 amide bonds. The van der Waals surface area contributed by atoms with Gasteiger partial charge in [0.05, 0.1) is 7.11 Å². The highest BCUT2D eigenvalue weighted by Crippen LogP contribution is 2.28. The van der Waals surface area contributed by atoms with Crippen LogP contribution >= 0.6 is 11.6 Å². The molecule has 106 valence electrons. The highest BCUT2D eigenvalue weighted by atomic mass is 35.5. The minimum absolute atomic E-state index is 0.659. The average molecular weight is 283 g/mol. The Bertz CT molecular complexity index is 405. The Hall–Kier alpha value is -0.770. The van der Waals surface area contributed by atoms with Crippen molar-refractivity contribution in [3.8, 4) is 5.75 Å². The third kappa shape index (κ3) is 3.85. The lowest BCUT2D eigenvalue weighted by molar-refractivity contribution is 0.193. The van der Waals surface area contributed by atoms with Gasteiger partial charge in [-0.3, -0.25) is 4.90 Å². The van der Waals surface area contributed by atoms with Gasteiger partial charge in [-0.25, -0.2) is 0 Å². The molecule has 3 nitrogen and oxygen atoms in total. The standard InChI is InChI=1S/C15H23ClN2O/c1-19-15-7-6-13(16)10-12(15)11-18(9-8-17)14-4-2-3-5-14/h6-7,10,14H,2-5,8-9,11,17H2,1H3. The molecule has 19 heavy (non-hydrogen) atoms. The van der Waals surface area contributed by atoms with Crippen molar-refractivity contribution in [2.24, 2.45) is 5.73 Å². The third-order valence-electron chi connectivity index (χ3n) is 3.87. The summed E-state index contributed by atoms with van der Waals surface area (Å²) in [4.78, 5) is 2.47. The monoisotopic (exact) mass is 282 g/mol. The topological polar surface area (TPSA) is 38.5 Å². The first kappa shape index (κ1) is 14.6. The summed E-state index contributed by atoms with van der Waals surface area (Å²) in [7, 11) is 1.70. The predicted molar refractivity (Wildman–Crippen MR) is 79.7 cm³/mol. The van der Waals surface area contributed by atoms with Crippen LogP contribution < -0.4 is 10.5 Å². The number of nitrogens with two attached hydrogens (primary N) is 1. The van der Waals surface area contributed by atoms with Gasteiger partial charge in [0.1, 0.15) is 5.75 Å². The molecule has 1 aliphatic rings. The largest absolute Gasteiger partial charge is 0.496 e. The molecule has 1 saturated carbocycles. The van der Waals surface area contributed by atoms with E-state index in [-0.39, 0.29) is 0 Å². The van der Waals surface area contributed by atoms with Gasteiger partial charge in [0.15, 0.2) is 0 Å². The Morgan fingerprint density at radius 3 is 2.74 bits per heavy atom. The van der Waals surface area contributed by atoms with E-state index < -0.39 is 0 Å². The van der Waals surface area contributed by atoms with E-state index in [9.17, 15) is 0 Å². The molecule has 0 heterocycles. The number of rotatable bonds is 6. The second kappa shape index (κ2) is 7.13. The van der Waals surface area contributed by atoms with Gasteiger partial charge < -0.3 is 10.5 Å². The van der Waals surface area contributed by atoms with Gasteiger partial charge in [-0.2, -0.15) is 0 Å².